The summed E-state index contributed by atoms with van der Waals surface area (Å²) >= 11 is 0. The number of ether oxygens (including phenoxy) is 1. The molecule has 1 unspecified atom stereocenters. The van der Waals surface area contributed by atoms with Crippen LogP contribution in [0.1, 0.15) is 19.8 Å². The van der Waals surface area contributed by atoms with Crippen LogP contribution in [0.5, 0.6) is 0 Å². The molecule has 0 radical (unpaired) electrons. The number of carboxylic acid groups (broad SMARTS) is 1. The molecular formula is C7H12NO4-. The maximum Gasteiger partial charge on any atom is 0.305 e. The summed E-state index contributed by atoms with van der Waals surface area (Å²) in [5.41, 5.74) is 3.83. The van der Waals surface area contributed by atoms with E-state index in [0.717, 1.165) is 0 Å². The van der Waals surface area contributed by atoms with E-state index in [9.17, 15) is 14.7 Å². The summed E-state index contributed by atoms with van der Waals surface area (Å²) in [5, 5.41) is 10.3. The lowest BCUT2D eigenvalue weighted by molar-refractivity contribution is -0.312. The fourth-order valence-corrected chi connectivity index (χ4v) is 0.566. The minimum Gasteiger partial charge on any atom is -0.548 e. The minimum absolute atomic E-state index is 0.0159. The number of methoxy groups -OCH3 is 1. The van der Waals surface area contributed by atoms with E-state index in [1.165, 1.54) is 14.0 Å². The van der Waals surface area contributed by atoms with Gasteiger partial charge in [-0.1, -0.05) is 0 Å². The summed E-state index contributed by atoms with van der Waals surface area (Å²) in [6, 6.07) is 0. The molecule has 12 heavy (non-hydrogen) atoms. The van der Waals surface area contributed by atoms with E-state index < -0.39 is 17.5 Å². The molecule has 5 heteroatoms. The van der Waals surface area contributed by atoms with Gasteiger partial charge in [0.15, 0.2) is 0 Å². The summed E-state index contributed by atoms with van der Waals surface area (Å²) < 4.78 is 4.32. The first-order valence-electron chi connectivity index (χ1n) is 3.47. The van der Waals surface area contributed by atoms with E-state index >= 15 is 0 Å². The maximum absolute atomic E-state index is 10.6. The number of nitrogens with two attached hydrogens (primary N) is 1. The van der Waals surface area contributed by atoms with Crippen molar-refractivity contribution in [1.29, 1.82) is 0 Å². The predicted molar refractivity (Wildman–Crippen MR) is 38.8 cm³/mol. The van der Waals surface area contributed by atoms with Crippen molar-refractivity contribution in [3.05, 3.63) is 0 Å². The first-order valence-corrected chi connectivity index (χ1v) is 3.47. The van der Waals surface area contributed by atoms with Crippen molar-refractivity contribution in [2.45, 2.75) is 25.3 Å². The van der Waals surface area contributed by atoms with Gasteiger partial charge in [-0.3, -0.25) is 4.79 Å². The molecule has 0 saturated carbocycles. The van der Waals surface area contributed by atoms with Crippen LogP contribution in [0, 0.1) is 0 Å². The van der Waals surface area contributed by atoms with Gasteiger partial charge < -0.3 is 20.4 Å². The Balaban J connectivity index is 3.92. The molecule has 0 rings (SSSR count). The number of hydrogen-bond donors (Lipinski definition) is 1. The quantitative estimate of drug-likeness (QED) is 0.518. The van der Waals surface area contributed by atoms with Crippen LogP contribution in [-0.2, 0) is 14.3 Å². The molecule has 1 atom stereocenters. The Morgan fingerprint density at radius 2 is 2.08 bits per heavy atom. The molecule has 0 aliphatic heterocycles. The van der Waals surface area contributed by atoms with Crippen LogP contribution in [0.15, 0.2) is 0 Å². The molecule has 0 bridgehead atoms. The molecule has 0 aliphatic carbocycles. The molecule has 0 amide bonds. The van der Waals surface area contributed by atoms with Crippen molar-refractivity contribution >= 4 is 11.9 Å². The molecule has 70 valence electrons. The van der Waals surface area contributed by atoms with Crippen LogP contribution in [0.3, 0.4) is 0 Å². The van der Waals surface area contributed by atoms with Gasteiger partial charge in [-0.15, -0.1) is 0 Å². The second kappa shape index (κ2) is 4.06. The average molecular weight is 174 g/mol. The van der Waals surface area contributed by atoms with Crippen molar-refractivity contribution < 1.29 is 19.4 Å². The molecular weight excluding hydrogens is 162 g/mol. The lowest BCUT2D eigenvalue weighted by Crippen LogP contribution is -2.53. The zero-order valence-electron chi connectivity index (χ0n) is 7.12. The number of rotatable bonds is 4. The molecule has 5 nitrogen and oxygen atoms in total. The minimum atomic E-state index is -1.46. The molecule has 2 N–H and O–H groups in total. The van der Waals surface area contributed by atoms with Crippen LogP contribution in [0.4, 0.5) is 0 Å². The highest BCUT2D eigenvalue weighted by Crippen LogP contribution is 2.07. The lowest BCUT2D eigenvalue weighted by Gasteiger charge is -2.24. The number of aliphatic carboxylic acids is 1. The van der Waals surface area contributed by atoms with Gasteiger partial charge >= 0.3 is 5.97 Å². The van der Waals surface area contributed by atoms with Gasteiger partial charge in [-0.25, -0.2) is 0 Å². The first kappa shape index (κ1) is 10.9. The second-order valence-corrected chi connectivity index (χ2v) is 2.78. The zero-order valence-corrected chi connectivity index (χ0v) is 7.12. The van der Waals surface area contributed by atoms with E-state index in [4.69, 9.17) is 5.73 Å². The van der Waals surface area contributed by atoms with Crippen molar-refractivity contribution in [1.82, 2.24) is 0 Å². The molecule has 0 aromatic rings. The number of carbonyl (C=O) groups is 2. The Labute approximate surface area is 70.5 Å². The summed E-state index contributed by atoms with van der Waals surface area (Å²) in [4.78, 5) is 20.9. The molecule has 0 aliphatic rings. The van der Waals surface area contributed by atoms with Gasteiger partial charge in [0.25, 0.3) is 0 Å². The van der Waals surface area contributed by atoms with E-state index in [1.807, 2.05) is 0 Å². The standard InChI is InChI=1S/C7H13NO4/c1-7(8,6(10)11)4-3-5(9)12-2/h3-4,8H2,1-2H3,(H,10,11)/p-1. The summed E-state index contributed by atoms with van der Waals surface area (Å²) in [7, 11) is 1.23. The smallest absolute Gasteiger partial charge is 0.305 e. The maximum atomic E-state index is 10.6. The molecule has 0 aromatic carbocycles. The summed E-state index contributed by atoms with van der Waals surface area (Å²) in [6.07, 6.45) is -0.000509. The third kappa shape index (κ3) is 3.34. The Hall–Kier alpha value is -1.10. The van der Waals surface area contributed by atoms with Crippen molar-refractivity contribution in [2.75, 3.05) is 7.11 Å². The Morgan fingerprint density at radius 1 is 1.58 bits per heavy atom. The van der Waals surface area contributed by atoms with Gasteiger partial charge in [0.05, 0.1) is 18.6 Å². The van der Waals surface area contributed by atoms with Crippen molar-refractivity contribution in [3.8, 4) is 0 Å². The van der Waals surface area contributed by atoms with Crippen LogP contribution in [0.25, 0.3) is 0 Å². The van der Waals surface area contributed by atoms with Crippen LogP contribution in [-0.4, -0.2) is 24.6 Å². The Kier molecular flexibility index (Phi) is 3.69. The van der Waals surface area contributed by atoms with Crippen LogP contribution < -0.4 is 10.8 Å². The summed E-state index contributed by atoms with van der Waals surface area (Å²) in [5.74, 6) is -1.85. The fourth-order valence-electron chi connectivity index (χ4n) is 0.566. The molecule has 0 saturated heterocycles. The molecule has 0 aromatic heterocycles. The SMILES string of the molecule is COC(=O)CCC(C)(N)C(=O)[O-]. The molecule has 0 spiro atoms. The highest BCUT2D eigenvalue weighted by atomic mass is 16.5. The lowest BCUT2D eigenvalue weighted by atomic mass is 9.98. The van der Waals surface area contributed by atoms with Gasteiger partial charge in [-0.2, -0.15) is 0 Å². The van der Waals surface area contributed by atoms with Gasteiger partial charge in [0, 0.05) is 6.42 Å². The summed E-state index contributed by atoms with van der Waals surface area (Å²) in [6.45, 7) is 1.30. The van der Waals surface area contributed by atoms with Crippen LogP contribution >= 0.6 is 0 Å². The number of carboxylic acids is 1. The van der Waals surface area contributed by atoms with Crippen molar-refractivity contribution in [2.24, 2.45) is 5.73 Å². The fraction of sp³-hybridized carbons (Fsp3) is 0.714. The Morgan fingerprint density at radius 3 is 2.42 bits per heavy atom. The normalized spacial score (nSPS) is 14.9. The average Bonchev–Trinajstić information content (AvgIpc) is 2.00. The highest BCUT2D eigenvalue weighted by molar-refractivity contribution is 5.77. The van der Waals surface area contributed by atoms with Crippen molar-refractivity contribution in [3.63, 3.8) is 0 Å². The Bertz CT molecular complexity index is 188. The predicted octanol–water partition coefficient (Wildman–Crippen LogP) is -1.59. The third-order valence-electron chi connectivity index (χ3n) is 1.54. The molecule has 0 fully saturated rings. The topological polar surface area (TPSA) is 92.5 Å². The number of esters is 1. The van der Waals surface area contributed by atoms with E-state index in [-0.39, 0.29) is 12.8 Å². The third-order valence-corrected chi connectivity index (χ3v) is 1.54. The first-order chi connectivity index (χ1) is 5.40. The van der Waals surface area contributed by atoms with E-state index in [2.05, 4.69) is 4.74 Å². The number of carbonyl (C=O) groups excluding carboxylic acids is 2. The van der Waals surface area contributed by atoms with E-state index in [1.54, 1.807) is 0 Å². The highest BCUT2D eigenvalue weighted by Gasteiger charge is 2.21. The zero-order chi connectivity index (χ0) is 9.78. The van der Waals surface area contributed by atoms with Crippen LogP contribution in [0.2, 0.25) is 0 Å². The van der Waals surface area contributed by atoms with Gasteiger partial charge in [0.1, 0.15) is 0 Å². The molecule has 0 heterocycles. The van der Waals surface area contributed by atoms with E-state index in [0.29, 0.717) is 0 Å². The monoisotopic (exact) mass is 174 g/mol. The van der Waals surface area contributed by atoms with Gasteiger partial charge in [-0.05, 0) is 13.3 Å². The van der Waals surface area contributed by atoms with Gasteiger partial charge in [0.2, 0.25) is 0 Å². The second-order valence-electron chi connectivity index (χ2n) is 2.78. The number of hydrogen-bond acceptors (Lipinski definition) is 5. The largest absolute Gasteiger partial charge is 0.548 e.